The van der Waals surface area contributed by atoms with E-state index in [4.69, 9.17) is 15.2 Å². The van der Waals surface area contributed by atoms with E-state index in [-0.39, 0.29) is 12.0 Å². The third-order valence-corrected chi connectivity index (χ3v) is 4.67. The summed E-state index contributed by atoms with van der Waals surface area (Å²) in [5.41, 5.74) is 8.21. The van der Waals surface area contributed by atoms with Crippen LogP contribution in [0.25, 0.3) is 0 Å². The molecule has 0 fully saturated rings. The predicted molar refractivity (Wildman–Crippen MR) is 99.6 cm³/mol. The van der Waals surface area contributed by atoms with Gasteiger partial charge in [0.15, 0.2) is 5.69 Å². The van der Waals surface area contributed by atoms with Crippen molar-refractivity contribution < 1.29 is 19.1 Å². The number of carbonyl (C=O) groups is 2. The molecule has 144 valence electrons. The normalized spacial score (nSPS) is 18.8. The Balaban J connectivity index is 0.000000156. The first-order chi connectivity index (χ1) is 13.0. The molecule has 27 heavy (non-hydrogen) atoms. The molecule has 0 radical (unpaired) electrons. The van der Waals surface area contributed by atoms with E-state index in [0.717, 1.165) is 35.5 Å². The molecule has 2 aliphatic heterocycles. The van der Waals surface area contributed by atoms with E-state index < -0.39 is 5.91 Å². The number of hydrogen-bond acceptors (Lipinski definition) is 5. The molecule has 3 N–H and O–H groups in total. The second-order valence-electron chi connectivity index (χ2n) is 6.57. The fourth-order valence-corrected chi connectivity index (χ4v) is 3.06. The fraction of sp³-hybridized carbons (Fsp3) is 0.421. The van der Waals surface area contributed by atoms with Gasteiger partial charge in [-0.3, -0.25) is 14.7 Å². The maximum Gasteiger partial charge on any atom is 0.269 e. The van der Waals surface area contributed by atoms with Gasteiger partial charge < -0.3 is 20.1 Å². The van der Waals surface area contributed by atoms with Crippen LogP contribution >= 0.6 is 0 Å². The van der Waals surface area contributed by atoms with Crippen LogP contribution < -0.4 is 15.4 Å². The molecule has 1 aromatic heterocycles. The first-order valence-electron chi connectivity index (χ1n) is 8.93. The van der Waals surface area contributed by atoms with Crippen molar-refractivity contribution in [1.82, 2.24) is 10.2 Å². The Kier molecular flexibility index (Phi) is 5.75. The summed E-state index contributed by atoms with van der Waals surface area (Å²) in [6, 6.07) is 7.57. The van der Waals surface area contributed by atoms with Crippen molar-refractivity contribution in [1.29, 1.82) is 0 Å². The number of rotatable bonds is 1. The Labute approximate surface area is 157 Å². The minimum absolute atomic E-state index is 0.102. The lowest BCUT2D eigenvalue weighted by Crippen LogP contribution is -2.24. The number of carbonyl (C=O) groups excluding carboxylic acids is 2. The number of primary amides is 1. The van der Waals surface area contributed by atoms with Gasteiger partial charge in [-0.1, -0.05) is 12.1 Å². The van der Waals surface area contributed by atoms with E-state index in [1.807, 2.05) is 31.2 Å². The summed E-state index contributed by atoms with van der Waals surface area (Å²) in [5, 5.41) is 6.68. The van der Waals surface area contributed by atoms with Gasteiger partial charge in [-0.15, -0.1) is 0 Å². The van der Waals surface area contributed by atoms with Crippen LogP contribution in [0.1, 0.15) is 41.5 Å². The molecule has 0 saturated carbocycles. The minimum Gasteiger partial charge on any atom is -0.491 e. The summed E-state index contributed by atoms with van der Waals surface area (Å²) >= 11 is 0. The molecule has 1 atom stereocenters. The number of hydrogen-bond donors (Lipinski definition) is 2. The fourth-order valence-electron chi connectivity index (χ4n) is 3.06. The van der Waals surface area contributed by atoms with Crippen molar-refractivity contribution >= 4 is 17.5 Å². The van der Waals surface area contributed by atoms with Gasteiger partial charge in [-0.2, -0.15) is 5.10 Å². The predicted octanol–water partition coefficient (Wildman–Crippen LogP) is 1.79. The van der Waals surface area contributed by atoms with Crippen LogP contribution in [0.4, 0.5) is 5.69 Å². The molecule has 0 aliphatic carbocycles. The van der Waals surface area contributed by atoms with Crippen LogP contribution in [0.3, 0.4) is 0 Å². The first kappa shape index (κ1) is 18.9. The van der Waals surface area contributed by atoms with E-state index in [9.17, 15) is 9.59 Å². The molecule has 0 bridgehead atoms. The number of ether oxygens (including phenoxy) is 2. The van der Waals surface area contributed by atoms with Crippen LogP contribution in [0.2, 0.25) is 0 Å². The van der Waals surface area contributed by atoms with Gasteiger partial charge in [0.05, 0.1) is 37.1 Å². The average Bonchev–Trinajstić information content (AvgIpc) is 2.91. The van der Waals surface area contributed by atoms with Gasteiger partial charge in [0.25, 0.3) is 5.91 Å². The molecule has 4 rings (SSSR count). The lowest BCUT2D eigenvalue weighted by molar-refractivity contribution is -0.118. The third-order valence-electron chi connectivity index (χ3n) is 4.67. The summed E-state index contributed by atoms with van der Waals surface area (Å²) in [6.07, 6.45) is 2.36. The van der Waals surface area contributed by atoms with Gasteiger partial charge in [0.1, 0.15) is 5.75 Å². The maximum atomic E-state index is 11.4. The quantitative estimate of drug-likeness (QED) is 0.793. The molecule has 0 saturated heterocycles. The van der Waals surface area contributed by atoms with Crippen molar-refractivity contribution in [2.45, 2.75) is 38.9 Å². The second kappa shape index (κ2) is 8.22. The molecule has 2 aromatic rings. The number of amides is 2. The number of para-hydroxylation sites is 2. The Morgan fingerprint density at radius 3 is 2.89 bits per heavy atom. The largest absolute Gasteiger partial charge is 0.491 e. The van der Waals surface area contributed by atoms with Crippen molar-refractivity contribution in [3.05, 3.63) is 41.2 Å². The molecule has 1 aromatic carbocycles. The molecule has 2 aliphatic rings. The molecular weight excluding hydrogens is 348 g/mol. The zero-order chi connectivity index (χ0) is 19.4. The molecular formula is C19H24N4O4. The topological polar surface area (TPSA) is 111 Å². The molecule has 2 amide bonds. The lowest BCUT2D eigenvalue weighted by Gasteiger charge is -2.15. The molecule has 3 heterocycles. The summed E-state index contributed by atoms with van der Waals surface area (Å²) in [5.74, 6) is 0.415. The Morgan fingerprint density at radius 1 is 1.33 bits per heavy atom. The van der Waals surface area contributed by atoms with Gasteiger partial charge in [-0.25, -0.2) is 0 Å². The number of aromatic amines is 1. The summed E-state index contributed by atoms with van der Waals surface area (Å²) < 4.78 is 10.9. The number of nitrogens with two attached hydrogens (primary N) is 1. The number of nitrogens with zero attached hydrogens (tertiary/aromatic N) is 2. The highest BCUT2D eigenvalue weighted by atomic mass is 16.5. The minimum atomic E-state index is -0.475. The van der Waals surface area contributed by atoms with Crippen LogP contribution in [-0.4, -0.2) is 41.8 Å². The molecule has 8 nitrogen and oxygen atoms in total. The standard InChI is InChI=1S/C10H11NO2.C9H13N3O2/c1-11-8-4-2-3-5-9(8)13-7-6-10(11)12;1-5-2-3-6-7(4-14-5)11-12-8(6)9(10)13/h2-5H,6-7H2,1H3;5H,2-4H2,1H3,(H2,10,13)(H,11,12). The smallest absolute Gasteiger partial charge is 0.269 e. The summed E-state index contributed by atoms with van der Waals surface area (Å²) in [7, 11) is 1.77. The van der Waals surface area contributed by atoms with Crippen LogP contribution in [-0.2, 0) is 22.6 Å². The van der Waals surface area contributed by atoms with E-state index in [1.54, 1.807) is 11.9 Å². The Bertz CT molecular complexity index is 833. The van der Waals surface area contributed by atoms with Crippen molar-refractivity contribution in [3.8, 4) is 5.75 Å². The second-order valence-corrected chi connectivity index (χ2v) is 6.57. The number of nitrogens with one attached hydrogen (secondary N) is 1. The van der Waals surface area contributed by atoms with Crippen LogP contribution in [0, 0.1) is 0 Å². The molecule has 8 heteroatoms. The number of aromatic nitrogens is 2. The van der Waals surface area contributed by atoms with E-state index in [2.05, 4.69) is 10.2 Å². The number of benzene rings is 1. The Morgan fingerprint density at radius 2 is 2.11 bits per heavy atom. The van der Waals surface area contributed by atoms with E-state index in [0.29, 0.717) is 25.3 Å². The third kappa shape index (κ3) is 4.28. The lowest BCUT2D eigenvalue weighted by atomic mass is 10.1. The molecule has 1 unspecified atom stereocenters. The monoisotopic (exact) mass is 372 g/mol. The van der Waals surface area contributed by atoms with Crippen LogP contribution in [0.5, 0.6) is 5.75 Å². The summed E-state index contributed by atoms with van der Waals surface area (Å²) in [6.45, 7) is 2.97. The molecule has 0 spiro atoms. The highest BCUT2D eigenvalue weighted by molar-refractivity contribution is 5.95. The average molecular weight is 372 g/mol. The van der Waals surface area contributed by atoms with E-state index in [1.165, 1.54) is 0 Å². The van der Waals surface area contributed by atoms with Gasteiger partial charge in [0.2, 0.25) is 5.91 Å². The van der Waals surface area contributed by atoms with Gasteiger partial charge >= 0.3 is 0 Å². The first-order valence-corrected chi connectivity index (χ1v) is 8.93. The number of anilines is 1. The highest BCUT2D eigenvalue weighted by Gasteiger charge is 2.21. The SMILES string of the molecule is CC1CCc2c(C(N)=O)n[nH]c2CO1.CN1C(=O)CCOc2ccccc21. The zero-order valence-electron chi connectivity index (χ0n) is 15.5. The number of H-pyrrole nitrogens is 1. The van der Waals surface area contributed by atoms with Crippen molar-refractivity contribution in [2.24, 2.45) is 5.73 Å². The van der Waals surface area contributed by atoms with Crippen LogP contribution in [0.15, 0.2) is 24.3 Å². The van der Waals surface area contributed by atoms with Gasteiger partial charge in [-0.05, 0) is 31.9 Å². The summed E-state index contributed by atoms with van der Waals surface area (Å²) in [4.78, 5) is 24.1. The van der Waals surface area contributed by atoms with Crippen molar-refractivity contribution in [3.63, 3.8) is 0 Å². The van der Waals surface area contributed by atoms with Gasteiger partial charge in [0, 0.05) is 12.6 Å². The van der Waals surface area contributed by atoms with Crippen molar-refractivity contribution in [2.75, 3.05) is 18.6 Å². The highest BCUT2D eigenvalue weighted by Crippen LogP contribution is 2.29. The number of fused-ring (bicyclic) bond motifs is 2. The maximum absolute atomic E-state index is 11.4. The zero-order valence-corrected chi connectivity index (χ0v) is 15.5. The Hall–Kier alpha value is -2.87. The van der Waals surface area contributed by atoms with E-state index >= 15 is 0 Å².